The first-order valence-corrected chi connectivity index (χ1v) is 15.0. The van der Waals surface area contributed by atoms with E-state index in [1.54, 1.807) is 59.0 Å². The summed E-state index contributed by atoms with van der Waals surface area (Å²) in [6, 6.07) is 14.9. The molecule has 0 unspecified atom stereocenters. The predicted octanol–water partition coefficient (Wildman–Crippen LogP) is 3.73. The quantitative estimate of drug-likeness (QED) is 0.169. The molecule has 0 amide bonds. The van der Waals surface area contributed by atoms with Gasteiger partial charge in [-0.05, 0) is 36.4 Å². The topological polar surface area (TPSA) is 166 Å². The molecule has 5 aromatic rings. The van der Waals surface area contributed by atoms with Crippen LogP contribution in [0, 0.1) is 5.41 Å². The third-order valence-electron chi connectivity index (χ3n) is 7.23. The number of H-pyrrole nitrogens is 1. The fourth-order valence-corrected chi connectivity index (χ4v) is 6.99. The SMILES string of the molecule is Cn1c(Nc2c(Cl)cccc2Cl)nc2ccc3nc(-c4cccc(S(=O)(=O)N5CCN(C(=N)N)CC5)c4)[nH]c(=O)c3c21. The molecule has 3 aromatic carbocycles. The Morgan fingerprint density at radius 2 is 1.67 bits per heavy atom. The Kier molecular flexibility index (Phi) is 7.05. The van der Waals surface area contributed by atoms with Crippen LogP contribution in [0.3, 0.4) is 0 Å². The van der Waals surface area contributed by atoms with Crippen molar-refractivity contribution in [3.05, 3.63) is 75.0 Å². The summed E-state index contributed by atoms with van der Waals surface area (Å²) in [5, 5.41) is 11.9. The second kappa shape index (κ2) is 10.6. The van der Waals surface area contributed by atoms with E-state index in [4.69, 9.17) is 34.3 Å². The Morgan fingerprint density at radius 1 is 1.00 bits per heavy atom. The van der Waals surface area contributed by atoms with E-state index in [2.05, 4.69) is 20.3 Å². The second-order valence-corrected chi connectivity index (χ2v) is 12.5. The summed E-state index contributed by atoms with van der Waals surface area (Å²) in [6.45, 7) is 1.08. The first-order valence-electron chi connectivity index (χ1n) is 12.8. The first kappa shape index (κ1) is 28.0. The van der Waals surface area contributed by atoms with E-state index in [1.807, 2.05) is 0 Å². The number of nitrogens with zero attached hydrogens (tertiary/aromatic N) is 5. The number of aromatic amines is 1. The molecule has 3 heterocycles. The first-order chi connectivity index (χ1) is 20.0. The number of halogens is 2. The van der Waals surface area contributed by atoms with Crippen molar-refractivity contribution in [1.29, 1.82) is 5.41 Å². The Balaban J connectivity index is 1.36. The lowest BCUT2D eigenvalue weighted by molar-refractivity contribution is 0.263. The Hall–Kier alpha value is -4.17. The maximum absolute atomic E-state index is 13.5. The molecule has 1 aliphatic heterocycles. The molecular formula is C27H25Cl2N9O3S. The highest BCUT2D eigenvalue weighted by atomic mass is 35.5. The predicted molar refractivity (Wildman–Crippen MR) is 164 cm³/mol. The van der Waals surface area contributed by atoms with E-state index in [1.165, 1.54) is 16.4 Å². The Bertz CT molecular complexity index is 2030. The lowest BCUT2D eigenvalue weighted by Crippen LogP contribution is -2.52. The number of rotatable bonds is 5. The van der Waals surface area contributed by atoms with Gasteiger partial charge in [0.15, 0.2) is 5.96 Å². The lowest BCUT2D eigenvalue weighted by atomic mass is 10.1. The summed E-state index contributed by atoms with van der Waals surface area (Å²) >= 11 is 12.6. The summed E-state index contributed by atoms with van der Waals surface area (Å²) < 4.78 is 29.9. The van der Waals surface area contributed by atoms with Crippen LogP contribution in [0.2, 0.25) is 10.0 Å². The summed E-state index contributed by atoms with van der Waals surface area (Å²) in [7, 11) is -2.06. The number of para-hydroxylation sites is 1. The number of sulfonamides is 1. The van der Waals surface area contributed by atoms with E-state index in [0.717, 1.165) is 0 Å². The second-order valence-electron chi connectivity index (χ2n) is 9.76. The number of nitrogens with two attached hydrogens (primary N) is 1. The van der Waals surface area contributed by atoms with Crippen molar-refractivity contribution in [1.82, 2.24) is 28.7 Å². The summed E-state index contributed by atoms with van der Waals surface area (Å²) in [5.74, 6) is 0.577. The molecule has 216 valence electrons. The molecule has 0 spiro atoms. The van der Waals surface area contributed by atoms with Crippen LogP contribution < -0.4 is 16.6 Å². The minimum atomic E-state index is -3.82. The normalized spacial score (nSPS) is 14.5. The van der Waals surface area contributed by atoms with Crippen molar-refractivity contribution >= 4 is 72.8 Å². The third-order valence-corrected chi connectivity index (χ3v) is 9.75. The van der Waals surface area contributed by atoms with Gasteiger partial charge in [0.1, 0.15) is 5.82 Å². The molecule has 0 aliphatic carbocycles. The van der Waals surface area contributed by atoms with Crippen molar-refractivity contribution in [3.8, 4) is 11.4 Å². The standard InChI is InChI=1S/C27H25Cl2N9O3S/c1-36-23-20(33-27(36)34-22-17(28)6-3-7-18(22)29)9-8-19-21(23)25(39)35-24(32-19)15-4-2-5-16(14-15)42(40,41)38-12-10-37(11-13-38)26(30)31/h2-9,14H,10-13H2,1H3,(H3,30,31)(H,33,34)(H,32,35,39). The summed E-state index contributed by atoms with van der Waals surface area (Å²) in [6.07, 6.45) is 0. The highest BCUT2D eigenvalue weighted by Crippen LogP contribution is 2.34. The average Bonchev–Trinajstić information content (AvgIpc) is 3.29. The number of nitrogens with one attached hydrogen (secondary N) is 3. The van der Waals surface area contributed by atoms with Gasteiger partial charge in [0, 0.05) is 38.8 Å². The fraction of sp³-hybridized carbons (Fsp3) is 0.185. The van der Waals surface area contributed by atoms with Crippen molar-refractivity contribution in [2.45, 2.75) is 4.90 Å². The minimum absolute atomic E-state index is 0.0788. The monoisotopic (exact) mass is 625 g/mol. The minimum Gasteiger partial charge on any atom is -0.370 e. The molecule has 6 rings (SSSR count). The maximum Gasteiger partial charge on any atom is 0.261 e. The molecule has 1 fully saturated rings. The molecule has 15 heteroatoms. The van der Waals surface area contributed by atoms with Crippen LogP contribution in [0.15, 0.2) is 64.3 Å². The van der Waals surface area contributed by atoms with E-state index in [-0.39, 0.29) is 29.8 Å². The van der Waals surface area contributed by atoms with Crippen molar-refractivity contribution in [3.63, 3.8) is 0 Å². The molecule has 0 radical (unpaired) electrons. The Morgan fingerprint density at radius 3 is 2.36 bits per heavy atom. The van der Waals surface area contributed by atoms with E-state index in [0.29, 0.717) is 62.3 Å². The van der Waals surface area contributed by atoms with Crippen LogP contribution in [-0.4, -0.2) is 69.3 Å². The van der Waals surface area contributed by atoms with Crippen LogP contribution in [-0.2, 0) is 17.1 Å². The van der Waals surface area contributed by atoms with Gasteiger partial charge in [0.2, 0.25) is 16.0 Å². The highest BCUT2D eigenvalue weighted by Gasteiger charge is 2.29. The van der Waals surface area contributed by atoms with Crippen LogP contribution in [0.25, 0.3) is 33.3 Å². The largest absolute Gasteiger partial charge is 0.370 e. The molecule has 0 saturated carbocycles. The van der Waals surface area contributed by atoms with Gasteiger partial charge in [-0.1, -0.05) is 41.4 Å². The number of guanidine groups is 1. The number of benzene rings is 3. The summed E-state index contributed by atoms with van der Waals surface area (Å²) in [5.41, 5.74) is 7.61. The van der Waals surface area contributed by atoms with Crippen LogP contribution in [0.1, 0.15) is 0 Å². The molecular weight excluding hydrogens is 601 g/mol. The number of hydrogen-bond acceptors (Lipinski definition) is 7. The number of aryl methyl sites for hydroxylation is 1. The van der Waals surface area contributed by atoms with Gasteiger partial charge in [-0.25, -0.2) is 18.4 Å². The van der Waals surface area contributed by atoms with Gasteiger partial charge in [0.05, 0.1) is 42.6 Å². The molecule has 0 atom stereocenters. The number of fused-ring (bicyclic) bond motifs is 3. The average molecular weight is 627 g/mol. The zero-order valence-corrected chi connectivity index (χ0v) is 24.6. The van der Waals surface area contributed by atoms with Gasteiger partial charge in [-0.15, -0.1) is 0 Å². The van der Waals surface area contributed by atoms with E-state index in [9.17, 15) is 13.2 Å². The number of piperazine rings is 1. The number of hydrogen-bond donors (Lipinski definition) is 4. The van der Waals surface area contributed by atoms with E-state index < -0.39 is 15.6 Å². The fourth-order valence-electron chi connectivity index (χ4n) is 5.03. The maximum atomic E-state index is 13.5. The van der Waals surface area contributed by atoms with Crippen LogP contribution in [0.5, 0.6) is 0 Å². The van der Waals surface area contributed by atoms with Crippen molar-refractivity contribution < 1.29 is 8.42 Å². The molecule has 2 aromatic heterocycles. The number of anilines is 2. The number of imidazole rings is 1. The molecule has 42 heavy (non-hydrogen) atoms. The van der Waals surface area contributed by atoms with Crippen LogP contribution in [0.4, 0.5) is 11.6 Å². The van der Waals surface area contributed by atoms with Crippen LogP contribution >= 0.6 is 23.2 Å². The van der Waals surface area contributed by atoms with Gasteiger partial charge >= 0.3 is 0 Å². The molecule has 5 N–H and O–H groups in total. The zero-order chi connectivity index (χ0) is 29.8. The Labute approximate surface area is 250 Å². The zero-order valence-electron chi connectivity index (χ0n) is 22.2. The smallest absolute Gasteiger partial charge is 0.261 e. The van der Waals surface area contributed by atoms with Crippen molar-refractivity contribution in [2.24, 2.45) is 12.8 Å². The molecule has 12 nitrogen and oxygen atoms in total. The van der Waals surface area contributed by atoms with Crippen molar-refractivity contribution in [2.75, 3.05) is 31.5 Å². The molecule has 1 aliphatic rings. The molecule has 0 bridgehead atoms. The lowest BCUT2D eigenvalue weighted by Gasteiger charge is -2.34. The number of aromatic nitrogens is 4. The highest BCUT2D eigenvalue weighted by molar-refractivity contribution is 7.89. The van der Waals surface area contributed by atoms with Gasteiger partial charge in [-0.2, -0.15) is 4.31 Å². The summed E-state index contributed by atoms with van der Waals surface area (Å²) in [4.78, 5) is 27.3. The third kappa shape index (κ3) is 4.83. The van der Waals surface area contributed by atoms with Gasteiger partial charge < -0.3 is 25.5 Å². The molecule has 1 saturated heterocycles. The van der Waals surface area contributed by atoms with E-state index >= 15 is 0 Å². The van der Waals surface area contributed by atoms with Gasteiger partial charge in [0.25, 0.3) is 5.56 Å². The van der Waals surface area contributed by atoms with Gasteiger partial charge in [-0.3, -0.25) is 10.2 Å².